The average Bonchev–Trinajstić information content (AvgIpc) is 2.81. The van der Waals surface area contributed by atoms with Crippen LogP contribution < -0.4 is 11.3 Å². The molecule has 3 N–H and O–H groups in total. The Kier molecular flexibility index (Phi) is 5.14. The summed E-state index contributed by atoms with van der Waals surface area (Å²) in [7, 11) is 0. The molecule has 0 saturated heterocycles. The molecular formula is C15H25ClN2OS. The number of thiophene rings is 1. The highest BCUT2D eigenvalue weighted by molar-refractivity contribution is 7.16. The number of rotatable bonds is 5. The normalized spacial score (nSPS) is 22.6. The highest BCUT2D eigenvalue weighted by atomic mass is 35.5. The van der Waals surface area contributed by atoms with Gasteiger partial charge in [0.05, 0.1) is 16.0 Å². The molecule has 0 amide bonds. The van der Waals surface area contributed by atoms with Gasteiger partial charge in [0, 0.05) is 11.5 Å². The third-order valence-corrected chi connectivity index (χ3v) is 5.75. The molecule has 1 aromatic heterocycles. The zero-order chi connectivity index (χ0) is 14.8. The highest BCUT2D eigenvalue weighted by Gasteiger charge is 2.45. The van der Waals surface area contributed by atoms with Gasteiger partial charge in [0.15, 0.2) is 0 Å². The van der Waals surface area contributed by atoms with Crippen molar-refractivity contribution in [3.8, 4) is 0 Å². The van der Waals surface area contributed by atoms with E-state index in [1.807, 2.05) is 6.07 Å². The lowest BCUT2D eigenvalue weighted by Crippen LogP contribution is -2.51. The molecule has 1 aliphatic carbocycles. The van der Waals surface area contributed by atoms with Gasteiger partial charge in [-0.1, -0.05) is 25.4 Å². The molecule has 1 aliphatic rings. The third kappa shape index (κ3) is 3.37. The fourth-order valence-corrected chi connectivity index (χ4v) is 4.36. The van der Waals surface area contributed by atoms with Crippen molar-refractivity contribution in [2.75, 3.05) is 6.61 Å². The van der Waals surface area contributed by atoms with Crippen LogP contribution in [0.1, 0.15) is 57.4 Å². The van der Waals surface area contributed by atoms with E-state index in [4.69, 9.17) is 22.2 Å². The van der Waals surface area contributed by atoms with Crippen LogP contribution in [0, 0.1) is 5.41 Å². The van der Waals surface area contributed by atoms with E-state index < -0.39 is 0 Å². The first-order valence-corrected chi connectivity index (χ1v) is 8.47. The first-order chi connectivity index (χ1) is 9.42. The van der Waals surface area contributed by atoms with Crippen molar-refractivity contribution in [1.29, 1.82) is 0 Å². The molecular weight excluding hydrogens is 292 g/mol. The van der Waals surface area contributed by atoms with Crippen LogP contribution in [-0.4, -0.2) is 12.2 Å². The molecule has 0 aromatic carbocycles. The maximum absolute atomic E-state index is 6.20. The molecule has 3 nitrogen and oxygen atoms in total. The fraction of sp³-hybridized carbons (Fsp3) is 0.733. The molecule has 114 valence electrons. The summed E-state index contributed by atoms with van der Waals surface area (Å²) in [5.41, 5.74) is 3.16. The summed E-state index contributed by atoms with van der Waals surface area (Å²) in [6, 6.07) is 3.99. The highest BCUT2D eigenvalue weighted by Crippen LogP contribution is 2.48. The zero-order valence-corrected chi connectivity index (χ0v) is 14.1. The predicted molar refractivity (Wildman–Crippen MR) is 86.0 cm³/mol. The van der Waals surface area contributed by atoms with Crippen LogP contribution in [-0.2, 0) is 4.74 Å². The second-order valence-electron chi connectivity index (χ2n) is 6.40. The van der Waals surface area contributed by atoms with Crippen molar-refractivity contribution >= 4 is 22.9 Å². The van der Waals surface area contributed by atoms with Crippen LogP contribution >= 0.6 is 22.9 Å². The van der Waals surface area contributed by atoms with E-state index in [-0.39, 0.29) is 11.6 Å². The second kappa shape index (κ2) is 6.32. The molecule has 1 aromatic rings. The van der Waals surface area contributed by atoms with Gasteiger partial charge in [0.25, 0.3) is 0 Å². The predicted octanol–water partition coefficient (Wildman–Crippen LogP) is 4.28. The van der Waals surface area contributed by atoms with E-state index in [0.29, 0.717) is 12.0 Å². The molecule has 1 heterocycles. The van der Waals surface area contributed by atoms with E-state index >= 15 is 0 Å². The van der Waals surface area contributed by atoms with Gasteiger partial charge in [-0.25, -0.2) is 5.43 Å². The standard InChI is InChI=1S/C15H25ClN2OS/c1-4-19-15(9-7-14(2,3)8-10-15)13(18-17)11-5-6-12(16)20-11/h5-6,13,18H,4,7-10,17H2,1-3H3. The van der Waals surface area contributed by atoms with Crippen LogP contribution in [0.5, 0.6) is 0 Å². The summed E-state index contributed by atoms with van der Waals surface area (Å²) in [5, 5.41) is 0. The number of nitrogens with two attached hydrogens (primary N) is 1. The smallest absolute Gasteiger partial charge is 0.0931 e. The quantitative estimate of drug-likeness (QED) is 0.629. The van der Waals surface area contributed by atoms with Gasteiger partial charge in [-0.2, -0.15) is 0 Å². The van der Waals surface area contributed by atoms with Crippen molar-refractivity contribution < 1.29 is 4.74 Å². The summed E-state index contributed by atoms with van der Waals surface area (Å²) in [6.45, 7) is 7.42. The Morgan fingerprint density at radius 1 is 1.35 bits per heavy atom. The number of nitrogens with one attached hydrogen (secondary N) is 1. The molecule has 0 aliphatic heterocycles. The summed E-state index contributed by atoms with van der Waals surface area (Å²) in [5.74, 6) is 5.86. The SMILES string of the molecule is CCOC1(C(NN)c2ccc(Cl)s2)CCC(C)(C)CC1. The van der Waals surface area contributed by atoms with Crippen molar-refractivity contribution in [3.05, 3.63) is 21.3 Å². The van der Waals surface area contributed by atoms with Gasteiger partial charge in [-0.05, 0) is 50.2 Å². The molecule has 1 unspecified atom stereocenters. The fourth-order valence-electron chi connectivity index (χ4n) is 3.13. The van der Waals surface area contributed by atoms with E-state index in [1.54, 1.807) is 11.3 Å². The lowest BCUT2D eigenvalue weighted by Gasteiger charge is -2.47. The van der Waals surface area contributed by atoms with Gasteiger partial charge >= 0.3 is 0 Å². The Hall–Kier alpha value is -0.130. The maximum Gasteiger partial charge on any atom is 0.0931 e. The first-order valence-electron chi connectivity index (χ1n) is 7.28. The molecule has 2 rings (SSSR count). The lowest BCUT2D eigenvalue weighted by molar-refractivity contribution is -0.107. The Balaban J connectivity index is 2.26. The zero-order valence-electron chi connectivity index (χ0n) is 12.5. The summed E-state index contributed by atoms with van der Waals surface area (Å²) < 4.78 is 7.00. The molecule has 1 fully saturated rings. The summed E-state index contributed by atoms with van der Waals surface area (Å²) in [4.78, 5) is 1.16. The molecule has 1 atom stereocenters. The lowest BCUT2D eigenvalue weighted by atomic mass is 9.68. The van der Waals surface area contributed by atoms with Crippen molar-refractivity contribution in [2.24, 2.45) is 11.3 Å². The van der Waals surface area contributed by atoms with Crippen LogP contribution in [0.3, 0.4) is 0 Å². The van der Waals surface area contributed by atoms with Crippen molar-refractivity contribution in [3.63, 3.8) is 0 Å². The summed E-state index contributed by atoms with van der Waals surface area (Å²) >= 11 is 7.66. The minimum Gasteiger partial charge on any atom is -0.373 e. The van der Waals surface area contributed by atoms with E-state index in [2.05, 4.69) is 32.3 Å². The average molecular weight is 317 g/mol. The summed E-state index contributed by atoms with van der Waals surface area (Å²) in [6.07, 6.45) is 4.37. The van der Waals surface area contributed by atoms with Crippen molar-refractivity contribution in [2.45, 2.75) is 58.1 Å². The van der Waals surface area contributed by atoms with Gasteiger partial charge in [0.2, 0.25) is 0 Å². The van der Waals surface area contributed by atoms with Gasteiger partial charge in [-0.3, -0.25) is 5.84 Å². The van der Waals surface area contributed by atoms with E-state index in [9.17, 15) is 0 Å². The molecule has 0 radical (unpaired) electrons. The first kappa shape index (κ1) is 16.2. The van der Waals surface area contributed by atoms with E-state index in [0.717, 1.165) is 34.9 Å². The minimum atomic E-state index is -0.215. The topological polar surface area (TPSA) is 47.3 Å². The largest absolute Gasteiger partial charge is 0.373 e. The number of hydrazine groups is 1. The van der Waals surface area contributed by atoms with Crippen molar-refractivity contribution in [1.82, 2.24) is 5.43 Å². The van der Waals surface area contributed by atoms with E-state index in [1.165, 1.54) is 0 Å². The van der Waals surface area contributed by atoms with Gasteiger partial charge < -0.3 is 4.74 Å². The Bertz CT molecular complexity index is 437. The maximum atomic E-state index is 6.20. The molecule has 20 heavy (non-hydrogen) atoms. The Labute approximate surface area is 130 Å². The Morgan fingerprint density at radius 3 is 2.45 bits per heavy atom. The molecule has 0 spiro atoms. The molecule has 0 bridgehead atoms. The Morgan fingerprint density at radius 2 is 2.00 bits per heavy atom. The van der Waals surface area contributed by atoms with Crippen LogP contribution in [0.2, 0.25) is 4.34 Å². The molecule has 5 heteroatoms. The number of halogens is 1. The molecule has 1 saturated carbocycles. The van der Waals surface area contributed by atoms with Crippen LogP contribution in [0.15, 0.2) is 12.1 Å². The van der Waals surface area contributed by atoms with Gasteiger partial charge in [-0.15, -0.1) is 11.3 Å². The number of hydrogen-bond acceptors (Lipinski definition) is 4. The number of hydrogen-bond donors (Lipinski definition) is 2. The number of ether oxygens (including phenoxy) is 1. The second-order valence-corrected chi connectivity index (χ2v) is 8.15. The monoisotopic (exact) mass is 316 g/mol. The third-order valence-electron chi connectivity index (χ3n) is 4.45. The minimum absolute atomic E-state index is 0.0102. The van der Waals surface area contributed by atoms with Crippen LogP contribution in [0.25, 0.3) is 0 Å². The van der Waals surface area contributed by atoms with Gasteiger partial charge in [0.1, 0.15) is 0 Å². The van der Waals surface area contributed by atoms with Crippen LogP contribution in [0.4, 0.5) is 0 Å².